The molecule has 1 aromatic heterocycles. The lowest BCUT2D eigenvalue weighted by molar-refractivity contribution is -0.145. The van der Waals surface area contributed by atoms with Crippen molar-refractivity contribution in [1.82, 2.24) is 14.9 Å². The molecule has 1 fully saturated rings. The number of carbonyl (C=O) groups excluding carboxylic acids is 1. The number of aliphatic hydroxyl groups is 1. The zero-order chi connectivity index (χ0) is 19.0. The van der Waals surface area contributed by atoms with E-state index in [9.17, 15) is 9.90 Å². The number of hydrogen-bond donors (Lipinski definition) is 2. The first-order valence-electron chi connectivity index (χ1n) is 8.91. The number of benzene rings is 1. The molecule has 140 valence electrons. The third-order valence-electron chi connectivity index (χ3n) is 5.55. The van der Waals surface area contributed by atoms with Crippen LogP contribution in [0.5, 0.6) is 0 Å². The summed E-state index contributed by atoms with van der Waals surface area (Å²) in [5.74, 6) is 0. The number of imidazole rings is 1. The molecule has 1 aromatic carbocycles. The molecule has 0 spiro atoms. The number of aromatic nitrogens is 2. The van der Waals surface area contributed by atoms with Crippen molar-refractivity contribution < 1.29 is 14.6 Å². The van der Waals surface area contributed by atoms with Crippen LogP contribution in [-0.2, 0) is 16.6 Å². The Bertz CT molecular complexity index is 756. The van der Waals surface area contributed by atoms with E-state index in [2.05, 4.69) is 35.9 Å². The molecule has 26 heavy (non-hydrogen) atoms. The van der Waals surface area contributed by atoms with E-state index in [0.717, 1.165) is 11.3 Å². The number of aromatic amines is 1. The molecule has 1 amide bonds. The van der Waals surface area contributed by atoms with Gasteiger partial charge in [0.1, 0.15) is 0 Å². The molecule has 2 N–H and O–H groups in total. The van der Waals surface area contributed by atoms with E-state index in [1.54, 1.807) is 19.4 Å². The number of nitrogens with one attached hydrogen (secondary N) is 1. The lowest BCUT2D eigenvalue weighted by atomic mass is 9.72. The number of ether oxygens (including phenoxy) is 1. The van der Waals surface area contributed by atoms with E-state index < -0.39 is 17.4 Å². The normalized spacial score (nSPS) is 26.2. The maximum absolute atomic E-state index is 12.5. The summed E-state index contributed by atoms with van der Waals surface area (Å²) in [6.07, 6.45) is 3.91. The van der Waals surface area contributed by atoms with Crippen molar-refractivity contribution in [2.45, 2.75) is 57.3 Å². The number of nitrogens with zero attached hydrogens (tertiary/aromatic N) is 2. The maximum atomic E-state index is 12.5. The van der Waals surface area contributed by atoms with Crippen LogP contribution in [0.3, 0.4) is 0 Å². The highest BCUT2D eigenvalue weighted by Gasteiger charge is 2.60. The van der Waals surface area contributed by atoms with Crippen molar-refractivity contribution in [2.75, 3.05) is 6.54 Å². The van der Waals surface area contributed by atoms with Crippen LogP contribution in [0.1, 0.15) is 45.4 Å². The largest absolute Gasteiger partial charge is 0.438 e. The van der Waals surface area contributed by atoms with Gasteiger partial charge in [-0.15, -0.1) is 0 Å². The van der Waals surface area contributed by atoms with Gasteiger partial charge in [0.25, 0.3) is 0 Å². The molecule has 0 radical (unpaired) electrons. The number of hydrogen-bond acceptors (Lipinski definition) is 4. The van der Waals surface area contributed by atoms with E-state index in [0.29, 0.717) is 19.4 Å². The molecule has 1 aliphatic heterocycles. The second-order valence-electron chi connectivity index (χ2n) is 8.02. The zero-order valence-corrected chi connectivity index (χ0v) is 15.8. The average Bonchev–Trinajstić information content (AvgIpc) is 3.13. The van der Waals surface area contributed by atoms with Crippen molar-refractivity contribution in [3.63, 3.8) is 0 Å². The van der Waals surface area contributed by atoms with Gasteiger partial charge in [0, 0.05) is 31.3 Å². The summed E-state index contributed by atoms with van der Waals surface area (Å²) in [4.78, 5) is 20.9. The summed E-state index contributed by atoms with van der Waals surface area (Å²) in [6, 6.07) is 10.1. The Labute approximate surface area is 154 Å². The topological polar surface area (TPSA) is 78.5 Å². The molecule has 0 saturated carbocycles. The van der Waals surface area contributed by atoms with Gasteiger partial charge >= 0.3 is 6.09 Å². The molecule has 0 aliphatic carbocycles. The fourth-order valence-electron chi connectivity index (χ4n) is 3.81. The van der Waals surface area contributed by atoms with Crippen molar-refractivity contribution >= 4 is 6.09 Å². The summed E-state index contributed by atoms with van der Waals surface area (Å²) >= 11 is 0. The summed E-state index contributed by atoms with van der Waals surface area (Å²) in [5.41, 5.74) is -0.636. The van der Waals surface area contributed by atoms with Crippen molar-refractivity contribution in [1.29, 1.82) is 0 Å². The summed E-state index contributed by atoms with van der Waals surface area (Å²) in [5, 5.41) is 11.2. The first-order chi connectivity index (χ1) is 12.2. The van der Waals surface area contributed by atoms with Crippen LogP contribution in [0.4, 0.5) is 4.79 Å². The van der Waals surface area contributed by atoms with Gasteiger partial charge in [-0.25, -0.2) is 9.78 Å². The summed E-state index contributed by atoms with van der Waals surface area (Å²) < 4.78 is 5.72. The van der Waals surface area contributed by atoms with Crippen LogP contribution in [0.25, 0.3) is 0 Å². The Hall–Kier alpha value is -2.34. The van der Waals surface area contributed by atoms with Gasteiger partial charge in [-0.1, -0.05) is 44.2 Å². The van der Waals surface area contributed by atoms with Gasteiger partial charge in [-0.05, 0) is 24.8 Å². The predicted octanol–water partition coefficient (Wildman–Crippen LogP) is 3.24. The van der Waals surface area contributed by atoms with Crippen LogP contribution in [0.2, 0.25) is 0 Å². The Morgan fingerprint density at radius 2 is 1.96 bits per heavy atom. The lowest BCUT2D eigenvalue weighted by Crippen LogP contribution is -2.57. The Morgan fingerprint density at radius 3 is 2.58 bits per heavy atom. The molecule has 2 unspecified atom stereocenters. The molecule has 2 heterocycles. The molecule has 1 saturated heterocycles. The first kappa shape index (κ1) is 18.5. The first-order valence-corrected chi connectivity index (χ1v) is 8.91. The lowest BCUT2D eigenvalue weighted by Gasteiger charge is -2.42. The van der Waals surface area contributed by atoms with E-state index in [-0.39, 0.29) is 5.41 Å². The minimum atomic E-state index is -1.41. The van der Waals surface area contributed by atoms with Crippen molar-refractivity contribution in [3.8, 4) is 0 Å². The maximum Gasteiger partial charge on any atom is 0.412 e. The van der Waals surface area contributed by atoms with E-state index in [1.807, 2.05) is 25.1 Å². The molecular formula is C20H27N3O3. The van der Waals surface area contributed by atoms with E-state index >= 15 is 0 Å². The number of amides is 1. The molecule has 2 aromatic rings. The molecule has 1 aliphatic rings. The summed E-state index contributed by atoms with van der Waals surface area (Å²) in [7, 11) is 0. The van der Waals surface area contributed by atoms with E-state index in [1.165, 1.54) is 4.90 Å². The Morgan fingerprint density at radius 1 is 1.27 bits per heavy atom. The van der Waals surface area contributed by atoms with Crippen LogP contribution < -0.4 is 0 Å². The second-order valence-corrected chi connectivity index (χ2v) is 8.02. The highest BCUT2D eigenvalue weighted by Crippen LogP contribution is 2.45. The van der Waals surface area contributed by atoms with Gasteiger partial charge in [-0.3, -0.25) is 4.90 Å². The quantitative estimate of drug-likeness (QED) is 0.832. The predicted molar refractivity (Wildman–Crippen MR) is 98.6 cm³/mol. The molecule has 6 heteroatoms. The highest BCUT2D eigenvalue weighted by molar-refractivity contribution is 5.72. The second kappa shape index (κ2) is 6.43. The molecule has 6 nitrogen and oxygen atoms in total. The van der Waals surface area contributed by atoms with Gasteiger partial charge < -0.3 is 14.8 Å². The third-order valence-corrected chi connectivity index (χ3v) is 5.55. The fourth-order valence-corrected chi connectivity index (χ4v) is 3.81. The fraction of sp³-hybridized carbons (Fsp3) is 0.500. The number of rotatable bonds is 6. The smallest absolute Gasteiger partial charge is 0.412 e. The van der Waals surface area contributed by atoms with Gasteiger partial charge in [-0.2, -0.15) is 0 Å². The number of carbonyl (C=O) groups is 1. The van der Waals surface area contributed by atoms with Crippen molar-refractivity contribution in [3.05, 3.63) is 54.1 Å². The third kappa shape index (κ3) is 3.21. The zero-order valence-electron chi connectivity index (χ0n) is 15.8. The standard InChI is InChI=1S/C20H27N3O3/c1-18(2,15-8-6-5-7-9-15)13-19(3)20(4,25)23(17(24)26-19)11-10-16-12-21-14-22-16/h5-9,12,14,25H,10-11,13H2,1-4H3,(H,21,22). The van der Waals surface area contributed by atoms with Gasteiger partial charge in [0.15, 0.2) is 11.3 Å². The Kier molecular flexibility index (Phi) is 4.56. The van der Waals surface area contributed by atoms with Crippen LogP contribution >= 0.6 is 0 Å². The molecule has 0 bridgehead atoms. The van der Waals surface area contributed by atoms with Gasteiger partial charge in [0.2, 0.25) is 0 Å². The van der Waals surface area contributed by atoms with Crippen LogP contribution in [-0.4, -0.2) is 43.9 Å². The molecular weight excluding hydrogens is 330 g/mol. The van der Waals surface area contributed by atoms with E-state index in [4.69, 9.17) is 4.74 Å². The minimum absolute atomic E-state index is 0.264. The Balaban J connectivity index is 1.79. The molecule has 3 rings (SSSR count). The number of cyclic esters (lactones) is 1. The number of H-pyrrole nitrogens is 1. The van der Waals surface area contributed by atoms with Crippen LogP contribution in [0.15, 0.2) is 42.9 Å². The highest BCUT2D eigenvalue weighted by atomic mass is 16.6. The van der Waals surface area contributed by atoms with Gasteiger partial charge in [0.05, 0.1) is 6.33 Å². The van der Waals surface area contributed by atoms with Crippen LogP contribution in [0, 0.1) is 0 Å². The minimum Gasteiger partial charge on any atom is -0.438 e. The monoisotopic (exact) mass is 357 g/mol. The van der Waals surface area contributed by atoms with Crippen molar-refractivity contribution in [2.24, 2.45) is 0 Å². The average molecular weight is 357 g/mol. The summed E-state index contributed by atoms with van der Waals surface area (Å²) in [6.45, 7) is 8.03. The SMILES string of the molecule is CC(C)(CC1(C)OC(=O)N(CCc2cnc[nH]2)C1(C)O)c1ccccc1. The molecule has 2 atom stereocenters.